The number of furan rings is 1. The molecule has 1 heterocycles. The van der Waals surface area contributed by atoms with Crippen LogP contribution in [0.5, 0.6) is 5.75 Å². The van der Waals surface area contributed by atoms with Crippen molar-refractivity contribution in [2.24, 2.45) is 0 Å². The van der Waals surface area contributed by atoms with E-state index >= 15 is 0 Å². The van der Waals surface area contributed by atoms with Crippen LogP contribution < -0.4 is 20.9 Å². The third kappa shape index (κ3) is 4.27. The topological polar surface area (TPSA) is 75.5 Å². The van der Waals surface area contributed by atoms with Gasteiger partial charge in [0.25, 0.3) is 0 Å². The zero-order valence-electron chi connectivity index (χ0n) is 13.5. The van der Waals surface area contributed by atoms with E-state index < -0.39 is 5.91 Å². The zero-order chi connectivity index (χ0) is 17.6. The number of nitrogens with one attached hydrogen (secondary N) is 3. The first-order valence-corrected chi connectivity index (χ1v) is 8.05. The lowest BCUT2D eigenvalue weighted by Gasteiger charge is -2.07. The van der Waals surface area contributed by atoms with E-state index in [9.17, 15) is 4.79 Å². The lowest BCUT2D eigenvalue weighted by atomic mass is 10.1. The summed E-state index contributed by atoms with van der Waals surface area (Å²) < 4.78 is 11.2. The van der Waals surface area contributed by atoms with Crippen molar-refractivity contribution in [3.63, 3.8) is 0 Å². The summed E-state index contributed by atoms with van der Waals surface area (Å²) in [5.41, 5.74) is 4.97. The Labute approximate surface area is 150 Å². The Kier molecular flexibility index (Phi) is 5.15. The van der Waals surface area contributed by atoms with E-state index in [2.05, 4.69) is 16.2 Å². The van der Waals surface area contributed by atoms with Crippen LogP contribution in [-0.4, -0.2) is 18.1 Å². The van der Waals surface area contributed by atoms with E-state index in [1.165, 1.54) is 0 Å². The first-order chi connectivity index (χ1) is 12.2. The average Bonchev–Trinajstić information content (AvgIpc) is 3.13. The number of thiocarbonyl (C=S) groups is 1. The van der Waals surface area contributed by atoms with Crippen LogP contribution in [0.25, 0.3) is 10.8 Å². The Morgan fingerprint density at radius 2 is 1.88 bits per heavy atom. The number of carbonyl (C=O) groups is 1. The molecule has 2 aromatic carbocycles. The van der Waals surface area contributed by atoms with Crippen LogP contribution in [0.3, 0.4) is 0 Å². The highest BCUT2D eigenvalue weighted by molar-refractivity contribution is 7.80. The molecule has 0 saturated heterocycles. The molecule has 0 fully saturated rings. The third-order valence-electron chi connectivity index (χ3n) is 3.50. The lowest BCUT2D eigenvalue weighted by Crippen LogP contribution is -2.45. The summed E-state index contributed by atoms with van der Waals surface area (Å²) in [6.45, 7) is 0.230. The molecule has 0 bridgehead atoms. The third-order valence-corrected chi connectivity index (χ3v) is 3.81. The maximum atomic E-state index is 11.9. The largest absolute Gasteiger partial charge is 0.486 e. The first kappa shape index (κ1) is 16.8. The molecule has 0 spiro atoms. The highest BCUT2D eigenvalue weighted by Crippen LogP contribution is 2.21. The Morgan fingerprint density at radius 3 is 2.68 bits per heavy atom. The Bertz CT molecular complexity index is 907. The van der Waals surface area contributed by atoms with Gasteiger partial charge in [0.05, 0.1) is 0 Å². The summed E-state index contributed by atoms with van der Waals surface area (Å²) in [6, 6.07) is 17.2. The number of hydrazine groups is 1. The molecule has 1 amide bonds. The first-order valence-electron chi connectivity index (χ1n) is 7.64. The number of hydrogen-bond acceptors (Lipinski definition) is 4. The van der Waals surface area contributed by atoms with E-state index in [4.69, 9.17) is 21.4 Å². The van der Waals surface area contributed by atoms with Crippen molar-refractivity contribution in [1.29, 1.82) is 0 Å². The predicted octanol–water partition coefficient (Wildman–Crippen LogP) is 2.75. The van der Waals surface area contributed by atoms with Crippen LogP contribution in [0.1, 0.15) is 16.3 Å². The normalized spacial score (nSPS) is 10.3. The summed E-state index contributed by atoms with van der Waals surface area (Å²) in [7, 11) is 1.65. The summed E-state index contributed by atoms with van der Waals surface area (Å²) in [6.07, 6.45) is 0. The molecule has 0 radical (unpaired) electrons. The lowest BCUT2D eigenvalue weighted by molar-refractivity contribution is 0.0911. The van der Waals surface area contributed by atoms with Gasteiger partial charge in [-0.15, -0.1) is 0 Å². The van der Waals surface area contributed by atoms with Gasteiger partial charge in [0.15, 0.2) is 10.9 Å². The fourth-order valence-electron chi connectivity index (χ4n) is 2.23. The van der Waals surface area contributed by atoms with Crippen molar-refractivity contribution in [2.45, 2.75) is 6.61 Å². The number of hydrogen-bond donors (Lipinski definition) is 3. The molecule has 6 nitrogen and oxygen atoms in total. The van der Waals surface area contributed by atoms with E-state index in [1.54, 1.807) is 19.2 Å². The van der Waals surface area contributed by atoms with Crippen LogP contribution in [0.15, 0.2) is 59.0 Å². The molecule has 7 heteroatoms. The van der Waals surface area contributed by atoms with Gasteiger partial charge in [-0.2, -0.15) is 0 Å². The average molecular weight is 355 g/mol. The smallest absolute Gasteiger partial charge is 0.305 e. The highest BCUT2D eigenvalue weighted by atomic mass is 32.1. The van der Waals surface area contributed by atoms with Gasteiger partial charge in [0.1, 0.15) is 18.1 Å². The number of benzene rings is 2. The van der Waals surface area contributed by atoms with Gasteiger partial charge in [-0.1, -0.05) is 30.3 Å². The minimum absolute atomic E-state index is 0.170. The van der Waals surface area contributed by atoms with Gasteiger partial charge in [-0.25, -0.2) is 0 Å². The molecule has 0 unspecified atom stereocenters. The van der Waals surface area contributed by atoms with E-state index in [-0.39, 0.29) is 12.4 Å². The van der Waals surface area contributed by atoms with Gasteiger partial charge in [-0.05, 0) is 47.3 Å². The minimum Gasteiger partial charge on any atom is -0.486 e. The number of carbonyl (C=O) groups excluding carboxylic acids is 1. The second-order valence-corrected chi connectivity index (χ2v) is 5.63. The molecule has 3 rings (SSSR count). The Morgan fingerprint density at radius 1 is 1.08 bits per heavy atom. The molecule has 0 aliphatic rings. The summed E-state index contributed by atoms with van der Waals surface area (Å²) >= 11 is 4.87. The summed E-state index contributed by atoms with van der Waals surface area (Å²) in [5.74, 6) is 1.04. The second kappa shape index (κ2) is 7.67. The van der Waals surface area contributed by atoms with Crippen LogP contribution in [-0.2, 0) is 6.61 Å². The maximum absolute atomic E-state index is 11.9. The summed E-state index contributed by atoms with van der Waals surface area (Å²) in [4.78, 5) is 11.9. The number of rotatable bonds is 4. The number of amides is 1. The molecular formula is C18H17N3O3S. The standard InChI is InChI=1S/C18H17N3O3S/c1-19-18(25)21-20-17(22)16-9-8-15(24-16)11-23-14-7-6-12-4-2-3-5-13(12)10-14/h2-10H,11H2,1H3,(H,20,22)(H2,19,21,25). The Balaban J connectivity index is 1.59. The second-order valence-electron chi connectivity index (χ2n) is 5.22. The van der Waals surface area contributed by atoms with Crippen LogP contribution in [0, 0.1) is 0 Å². The van der Waals surface area contributed by atoms with Gasteiger partial charge in [-0.3, -0.25) is 15.6 Å². The quantitative estimate of drug-likeness (QED) is 0.494. The monoisotopic (exact) mass is 355 g/mol. The van der Waals surface area contributed by atoms with Crippen molar-refractivity contribution in [1.82, 2.24) is 16.2 Å². The number of fused-ring (bicyclic) bond motifs is 1. The molecule has 3 N–H and O–H groups in total. The predicted molar refractivity (Wildman–Crippen MR) is 99.2 cm³/mol. The molecule has 25 heavy (non-hydrogen) atoms. The fraction of sp³-hybridized carbons (Fsp3) is 0.111. The number of ether oxygens (including phenoxy) is 1. The zero-order valence-corrected chi connectivity index (χ0v) is 14.4. The van der Waals surface area contributed by atoms with Gasteiger partial charge in [0, 0.05) is 7.05 Å². The van der Waals surface area contributed by atoms with Crippen LogP contribution in [0.4, 0.5) is 0 Å². The molecule has 3 aromatic rings. The van der Waals surface area contributed by atoms with Crippen LogP contribution in [0.2, 0.25) is 0 Å². The molecule has 0 aliphatic carbocycles. The van der Waals surface area contributed by atoms with Crippen molar-refractivity contribution < 1.29 is 13.9 Å². The van der Waals surface area contributed by atoms with E-state index in [0.717, 1.165) is 16.5 Å². The molecule has 0 atom stereocenters. The van der Waals surface area contributed by atoms with Crippen molar-refractivity contribution in [3.8, 4) is 5.75 Å². The van der Waals surface area contributed by atoms with Gasteiger partial charge < -0.3 is 14.5 Å². The Hall–Kier alpha value is -3.06. The van der Waals surface area contributed by atoms with Crippen molar-refractivity contribution in [3.05, 3.63) is 66.1 Å². The summed E-state index contributed by atoms with van der Waals surface area (Å²) in [5, 5.41) is 5.24. The molecular weight excluding hydrogens is 338 g/mol. The van der Waals surface area contributed by atoms with Gasteiger partial charge in [0.2, 0.25) is 0 Å². The molecule has 1 aromatic heterocycles. The molecule has 0 aliphatic heterocycles. The highest BCUT2D eigenvalue weighted by Gasteiger charge is 2.11. The van der Waals surface area contributed by atoms with Crippen molar-refractivity contribution in [2.75, 3.05) is 7.05 Å². The SMILES string of the molecule is CNC(=S)NNC(=O)c1ccc(COc2ccc3ccccc3c2)o1. The van der Waals surface area contributed by atoms with Crippen molar-refractivity contribution >= 4 is 34.0 Å². The molecule has 0 saturated carbocycles. The van der Waals surface area contributed by atoms with Gasteiger partial charge >= 0.3 is 5.91 Å². The molecule has 128 valence electrons. The maximum Gasteiger partial charge on any atom is 0.305 e. The van der Waals surface area contributed by atoms with E-state index in [0.29, 0.717) is 10.9 Å². The van der Waals surface area contributed by atoms with E-state index in [1.807, 2.05) is 42.5 Å². The minimum atomic E-state index is -0.422. The van der Waals surface area contributed by atoms with Crippen LogP contribution >= 0.6 is 12.2 Å². The fourth-order valence-corrected chi connectivity index (χ4v) is 2.28.